The van der Waals surface area contributed by atoms with Crippen LogP contribution in [0.4, 0.5) is 0 Å². The zero-order valence-corrected chi connectivity index (χ0v) is 10.3. The van der Waals surface area contributed by atoms with Crippen LogP contribution in [0.5, 0.6) is 0 Å². The van der Waals surface area contributed by atoms with Crippen LogP contribution in [-0.2, 0) is 49.4 Å². The normalized spacial score (nSPS) is 1.25. The van der Waals surface area contributed by atoms with E-state index < -0.39 is 0 Å². The average Bonchev–Trinajstić information content (AvgIpc) is 1.00. The van der Waals surface area contributed by atoms with Crippen LogP contribution >= 0.6 is 0 Å². The van der Waals surface area contributed by atoms with Gasteiger partial charge in [-0.2, -0.15) is 0 Å². The van der Waals surface area contributed by atoms with Crippen molar-refractivity contribution in [2.24, 2.45) is 0 Å². The fourth-order valence-corrected chi connectivity index (χ4v) is 0. The van der Waals surface area contributed by atoms with Crippen molar-refractivity contribution in [3.63, 3.8) is 0 Å². The van der Waals surface area contributed by atoms with Gasteiger partial charge in [-0.25, -0.2) is 0 Å². The van der Waals surface area contributed by atoms with E-state index in [0.717, 1.165) is 0 Å². The molecule has 4 heavy (non-hydrogen) atoms. The summed E-state index contributed by atoms with van der Waals surface area (Å²) >= 11 is 3.29. The summed E-state index contributed by atoms with van der Waals surface area (Å²) in [6, 6.07) is 0. The number of hydrogen-bond acceptors (Lipinski definition) is 0. The molecule has 0 nitrogen and oxygen atoms in total. The van der Waals surface area contributed by atoms with Crippen molar-refractivity contribution < 1.29 is 49.4 Å². The predicted octanol–water partition coefficient (Wildman–Crippen LogP) is -0.924. The second kappa shape index (κ2) is 17.5. The molecule has 0 aliphatic carbocycles. The zero-order valence-electron chi connectivity index (χ0n) is 1.67. The standard InChI is InChI=1S/Bi.Co.Fe.Mo.2H. The Morgan fingerprint density at radius 3 is 1.25 bits per heavy atom. The van der Waals surface area contributed by atoms with Crippen LogP contribution in [0.3, 0.4) is 0 Å². The molecule has 4 heteroatoms. The first-order valence-electron chi connectivity index (χ1n) is 0.236. The molecule has 1 radical (unpaired) electrons. The van der Waals surface area contributed by atoms with Crippen molar-refractivity contribution in [1.29, 1.82) is 0 Å². The molecule has 0 aliphatic rings. The van der Waals surface area contributed by atoms with Gasteiger partial charge in [-0.05, 0) is 0 Å². The molecule has 0 rings (SSSR count). The molecule has 0 saturated heterocycles. The third kappa shape index (κ3) is 8.82. The molecular weight excluding hydrogens is 420 g/mol. The molecule has 0 saturated carbocycles. The fraction of sp³-hybridized carbons (Fsp3) is 0. The van der Waals surface area contributed by atoms with Gasteiger partial charge in [0, 0.05) is 33.8 Å². The van der Waals surface area contributed by atoms with Gasteiger partial charge in [-0.15, -0.1) is 0 Å². The van der Waals surface area contributed by atoms with Crippen LogP contribution < -0.4 is 0 Å². The second-order valence-corrected chi connectivity index (χ2v) is 0. The Bertz CT molecular complexity index is 8.00. The van der Waals surface area contributed by atoms with Gasteiger partial charge in [0.15, 0.2) is 0 Å². The van der Waals surface area contributed by atoms with Crippen LogP contribution in [0.15, 0.2) is 0 Å². The van der Waals surface area contributed by atoms with E-state index in [4.69, 9.17) is 0 Å². The maximum absolute atomic E-state index is 2.12. The molecule has 0 bridgehead atoms. The maximum atomic E-state index is 2.12. The van der Waals surface area contributed by atoms with Crippen LogP contribution in [0.25, 0.3) is 0 Å². The molecule has 0 heterocycles. The van der Waals surface area contributed by atoms with Gasteiger partial charge < -0.3 is 0 Å². The van der Waals surface area contributed by atoms with E-state index in [0.29, 0.717) is 0 Å². The van der Waals surface area contributed by atoms with Crippen LogP contribution in [0, 0.1) is 0 Å². The monoisotopic (exact) mass is 424 g/mol. The van der Waals surface area contributed by atoms with Crippen molar-refractivity contribution >= 4 is 21.3 Å². The van der Waals surface area contributed by atoms with Crippen molar-refractivity contribution in [2.75, 3.05) is 0 Å². The van der Waals surface area contributed by atoms with E-state index in [9.17, 15) is 0 Å². The van der Waals surface area contributed by atoms with Gasteiger partial charge in [0.05, 0.1) is 0 Å². The first kappa shape index (κ1) is 16.0. The molecule has 0 fully saturated rings. The quantitative estimate of drug-likeness (QED) is 0.444. The van der Waals surface area contributed by atoms with E-state index >= 15 is 0 Å². The van der Waals surface area contributed by atoms with Gasteiger partial charge >= 0.3 is 36.9 Å². The van der Waals surface area contributed by atoms with E-state index in [2.05, 4.69) is 15.6 Å². The topological polar surface area (TPSA) is 0 Å². The Morgan fingerprint density at radius 2 is 1.25 bits per heavy atom. The van der Waals surface area contributed by atoms with Crippen LogP contribution in [0.1, 0.15) is 0 Å². The minimum absolute atomic E-state index is 0. The molecule has 0 aromatic rings. The van der Waals surface area contributed by atoms with Gasteiger partial charge in [0.25, 0.3) is 0 Å². The van der Waals surface area contributed by atoms with E-state index in [1.807, 2.05) is 0 Å². The van der Waals surface area contributed by atoms with E-state index in [1.54, 1.807) is 0 Å². The van der Waals surface area contributed by atoms with Crippen molar-refractivity contribution in [2.45, 2.75) is 0 Å². The zero-order chi connectivity index (χ0) is 2.00. The molecule has 0 N–H and O–H groups in total. The summed E-state index contributed by atoms with van der Waals surface area (Å²) in [7, 11) is 0. The Kier molecular flexibility index (Phi) is 70.0. The fourth-order valence-electron chi connectivity index (χ4n) is 0. The SMILES string of the molecule is [Co].[Fe].[Mo][BiH2]. The Balaban J connectivity index is -0.00000000500. The molecular formula is H2BiCoFeMo. The Hall–Kier alpha value is 2.60. The van der Waals surface area contributed by atoms with Crippen molar-refractivity contribution in [3.8, 4) is 0 Å². The van der Waals surface area contributed by atoms with Gasteiger partial charge in [0.1, 0.15) is 0 Å². The molecule has 0 atom stereocenters. The van der Waals surface area contributed by atoms with E-state index in [-0.39, 0.29) is 33.8 Å². The van der Waals surface area contributed by atoms with Crippen LogP contribution in [0.2, 0.25) is 0 Å². The van der Waals surface area contributed by atoms with E-state index in [1.165, 1.54) is 21.3 Å². The van der Waals surface area contributed by atoms with Gasteiger partial charge in [-0.3, -0.25) is 0 Å². The summed E-state index contributed by atoms with van der Waals surface area (Å²) in [5.41, 5.74) is 0. The average molecular weight is 422 g/mol. The summed E-state index contributed by atoms with van der Waals surface area (Å²) in [5, 5.41) is 0. The van der Waals surface area contributed by atoms with Crippen molar-refractivity contribution in [3.05, 3.63) is 0 Å². The van der Waals surface area contributed by atoms with Gasteiger partial charge in [-0.1, -0.05) is 0 Å². The molecule has 0 aliphatic heterocycles. The molecule has 0 unspecified atom stereocenters. The number of hydrogen-bond donors (Lipinski definition) is 0. The van der Waals surface area contributed by atoms with Crippen LogP contribution in [-0.4, -0.2) is 21.3 Å². The predicted molar refractivity (Wildman–Crippen MR) is 8.54 cm³/mol. The minimum atomic E-state index is 0. The second-order valence-electron chi connectivity index (χ2n) is 0. The summed E-state index contributed by atoms with van der Waals surface area (Å²) < 4.78 is 0. The number of rotatable bonds is 0. The Morgan fingerprint density at radius 1 is 1.25 bits per heavy atom. The molecule has 30 valence electrons. The summed E-state index contributed by atoms with van der Waals surface area (Å²) in [5.74, 6) is 0. The molecule has 0 aromatic carbocycles. The Labute approximate surface area is 69.6 Å². The molecule has 0 aromatic heterocycles. The first-order chi connectivity index (χ1) is 1.00. The third-order valence-electron chi connectivity index (χ3n) is 0. The summed E-state index contributed by atoms with van der Waals surface area (Å²) in [6.45, 7) is 0. The van der Waals surface area contributed by atoms with Crippen molar-refractivity contribution in [1.82, 2.24) is 0 Å². The third-order valence-corrected chi connectivity index (χ3v) is 0. The molecule has 0 spiro atoms. The summed E-state index contributed by atoms with van der Waals surface area (Å²) in [6.07, 6.45) is 0. The first-order valence-corrected chi connectivity index (χ1v) is 12.2. The molecule has 0 amide bonds. The summed E-state index contributed by atoms with van der Waals surface area (Å²) in [4.78, 5) is 0. The van der Waals surface area contributed by atoms with Gasteiger partial charge in [0.2, 0.25) is 0 Å².